The maximum absolute atomic E-state index is 9.03. The first kappa shape index (κ1) is 13.9. The van der Waals surface area contributed by atoms with E-state index in [0.29, 0.717) is 6.54 Å². The van der Waals surface area contributed by atoms with E-state index < -0.39 is 0 Å². The highest BCUT2D eigenvalue weighted by Gasteiger charge is 2.08. The SMILES string of the molecule is C=CCN(CCO)Cc1ncc(-c2ccccc2)s1. The summed E-state index contributed by atoms with van der Waals surface area (Å²) in [6.07, 6.45) is 3.77. The average molecular weight is 274 g/mol. The Labute approximate surface area is 117 Å². The van der Waals surface area contributed by atoms with Crippen molar-refractivity contribution in [2.75, 3.05) is 19.7 Å². The molecule has 1 aromatic heterocycles. The normalized spacial score (nSPS) is 10.8. The van der Waals surface area contributed by atoms with Crippen LogP contribution in [0.15, 0.2) is 49.2 Å². The van der Waals surface area contributed by atoms with E-state index in [4.69, 9.17) is 5.11 Å². The Morgan fingerprint density at radius 1 is 1.32 bits per heavy atom. The van der Waals surface area contributed by atoms with Crippen molar-refractivity contribution >= 4 is 11.3 Å². The van der Waals surface area contributed by atoms with Crippen molar-refractivity contribution in [1.29, 1.82) is 0 Å². The number of rotatable bonds is 7. The molecule has 4 heteroatoms. The molecule has 0 saturated carbocycles. The minimum absolute atomic E-state index is 0.157. The molecule has 0 radical (unpaired) electrons. The number of benzene rings is 1. The van der Waals surface area contributed by atoms with E-state index in [1.165, 1.54) is 10.4 Å². The second kappa shape index (κ2) is 7.19. The summed E-state index contributed by atoms with van der Waals surface area (Å²) < 4.78 is 0. The number of nitrogens with zero attached hydrogens (tertiary/aromatic N) is 2. The zero-order valence-electron chi connectivity index (χ0n) is 10.8. The van der Waals surface area contributed by atoms with Crippen LogP contribution in [-0.4, -0.2) is 34.7 Å². The molecular formula is C15H18N2OS. The number of aromatic nitrogens is 1. The monoisotopic (exact) mass is 274 g/mol. The first-order valence-corrected chi connectivity index (χ1v) is 7.09. The van der Waals surface area contributed by atoms with Crippen molar-refractivity contribution in [3.8, 4) is 10.4 Å². The molecule has 0 fully saturated rings. The number of hydrogen-bond donors (Lipinski definition) is 1. The lowest BCUT2D eigenvalue weighted by atomic mass is 10.2. The van der Waals surface area contributed by atoms with Crippen molar-refractivity contribution in [3.63, 3.8) is 0 Å². The van der Waals surface area contributed by atoms with Gasteiger partial charge in [-0.15, -0.1) is 17.9 Å². The first-order valence-electron chi connectivity index (χ1n) is 6.27. The van der Waals surface area contributed by atoms with Gasteiger partial charge in [0.2, 0.25) is 0 Å². The predicted molar refractivity (Wildman–Crippen MR) is 80.1 cm³/mol. The van der Waals surface area contributed by atoms with E-state index in [1.807, 2.05) is 30.5 Å². The lowest BCUT2D eigenvalue weighted by molar-refractivity contribution is 0.203. The summed E-state index contributed by atoms with van der Waals surface area (Å²) in [6, 6.07) is 10.3. The van der Waals surface area contributed by atoms with Gasteiger partial charge in [-0.3, -0.25) is 4.90 Å². The van der Waals surface area contributed by atoms with Gasteiger partial charge in [0.1, 0.15) is 5.01 Å². The fourth-order valence-corrected chi connectivity index (χ4v) is 2.84. The summed E-state index contributed by atoms with van der Waals surface area (Å²) >= 11 is 1.70. The minimum Gasteiger partial charge on any atom is -0.395 e. The standard InChI is InChI=1S/C15H18N2OS/c1-2-8-17(9-10-18)12-15-16-11-14(19-15)13-6-4-3-5-7-13/h2-7,11,18H,1,8-10,12H2. The second-order valence-electron chi connectivity index (χ2n) is 4.23. The smallest absolute Gasteiger partial charge is 0.107 e. The van der Waals surface area contributed by atoms with Crippen molar-refractivity contribution in [2.45, 2.75) is 6.54 Å². The summed E-state index contributed by atoms with van der Waals surface area (Å²) in [5.74, 6) is 0. The number of aliphatic hydroxyl groups excluding tert-OH is 1. The van der Waals surface area contributed by atoms with E-state index in [0.717, 1.165) is 18.1 Å². The van der Waals surface area contributed by atoms with Crippen LogP contribution in [-0.2, 0) is 6.54 Å². The number of thiazole rings is 1. The highest BCUT2D eigenvalue weighted by molar-refractivity contribution is 7.15. The Hall–Kier alpha value is -1.49. The third-order valence-corrected chi connectivity index (χ3v) is 3.81. The molecule has 0 aliphatic rings. The lowest BCUT2D eigenvalue weighted by Crippen LogP contribution is -2.26. The zero-order chi connectivity index (χ0) is 13.5. The third kappa shape index (κ3) is 3.99. The van der Waals surface area contributed by atoms with Crippen molar-refractivity contribution in [1.82, 2.24) is 9.88 Å². The van der Waals surface area contributed by atoms with Crippen LogP contribution in [0.5, 0.6) is 0 Å². The van der Waals surface area contributed by atoms with Crippen LogP contribution >= 0.6 is 11.3 Å². The van der Waals surface area contributed by atoms with Crippen LogP contribution in [0.4, 0.5) is 0 Å². The molecule has 0 amide bonds. The Kier molecular flexibility index (Phi) is 5.27. The molecule has 19 heavy (non-hydrogen) atoms. The van der Waals surface area contributed by atoms with Crippen molar-refractivity contribution in [3.05, 3.63) is 54.2 Å². The van der Waals surface area contributed by atoms with E-state index in [9.17, 15) is 0 Å². The fraction of sp³-hybridized carbons (Fsp3) is 0.267. The predicted octanol–water partition coefficient (Wildman–Crippen LogP) is 2.79. The minimum atomic E-state index is 0.157. The molecule has 0 spiro atoms. The molecule has 1 aromatic carbocycles. The second-order valence-corrected chi connectivity index (χ2v) is 5.35. The van der Waals surface area contributed by atoms with Crippen LogP contribution in [0, 0.1) is 0 Å². The molecule has 0 saturated heterocycles. The summed E-state index contributed by atoms with van der Waals surface area (Å²) in [6.45, 7) is 6.06. The van der Waals surface area contributed by atoms with Gasteiger partial charge in [-0.1, -0.05) is 36.4 Å². The maximum Gasteiger partial charge on any atom is 0.107 e. The molecular weight excluding hydrogens is 256 g/mol. The highest BCUT2D eigenvalue weighted by Crippen LogP contribution is 2.26. The molecule has 0 bridgehead atoms. The summed E-state index contributed by atoms with van der Waals surface area (Å²) in [7, 11) is 0. The average Bonchev–Trinajstić information content (AvgIpc) is 2.89. The molecule has 0 unspecified atom stereocenters. The molecule has 3 nitrogen and oxygen atoms in total. The molecule has 0 atom stereocenters. The Morgan fingerprint density at radius 3 is 2.79 bits per heavy atom. The number of aliphatic hydroxyl groups is 1. The molecule has 2 rings (SSSR count). The highest BCUT2D eigenvalue weighted by atomic mass is 32.1. The van der Waals surface area contributed by atoms with Gasteiger partial charge in [0.15, 0.2) is 0 Å². The van der Waals surface area contributed by atoms with Gasteiger partial charge in [0, 0.05) is 19.3 Å². The van der Waals surface area contributed by atoms with Crippen molar-refractivity contribution in [2.24, 2.45) is 0 Å². The van der Waals surface area contributed by atoms with Crippen LogP contribution < -0.4 is 0 Å². The summed E-state index contributed by atoms with van der Waals surface area (Å²) in [4.78, 5) is 7.76. The van der Waals surface area contributed by atoms with Gasteiger partial charge >= 0.3 is 0 Å². The van der Waals surface area contributed by atoms with Gasteiger partial charge < -0.3 is 5.11 Å². The molecule has 100 valence electrons. The van der Waals surface area contributed by atoms with Crippen LogP contribution in [0.1, 0.15) is 5.01 Å². The van der Waals surface area contributed by atoms with E-state index in [-0.39, 0.29) is 6.61 Å². The molecule has 0 aliphatic heterocycles. The lowest BCUT2D eigenvalue weighted by Gasteiger charge is -2.17. The topological polar surface area (TPSA) is 36.4 Å². The third-order valence-electron chi connectivity index (χ3n) is 2.77. The molecule has 0 aliphatic carbocycles. The van der Waals surface area contributed by atoms with Gasteiger partial charge in [0.05, 0.1) is 18.0 Å². The van der Waals surface area contributed by atoms with Gasteiger partial charge in [-0.2, -0.15) is 0 Å². The Bertz CT molecular complexity index is 510. The summed E-state index contributed by atoms with van der Waals surface area (Å²) in [5.41, 5.74) is 1.20. The van der Waals surface area contributed by atoms with Crippen LogP contribution in [0.3, 0.4) is 0 Å². The first-order chi connectivity index (χ1) is 9.33. The zero-order valence-corrected chi connectivity index (χ0v) is 11.6. The quantitative estimate of drug-likeness (QED) is 0.789. The molecule has 1 heterocycles. The molecule has 2 aromatic rings. The van der Waals surface area contributed by atoms with Crippen molar-refractivity contribution < 1.29 is 5.11 Å². The van der Waals surface area contributed by atoms with E-state index in [2.05, 4.69) is 28.6 Å². The maximum atomic E-state index is 9.03. The Morgan fingerprint density at radius 2 is 2.11 bits per heavy atom. The largest absolute Gasteiger partial charge is 0.395 e. The van der Waals surface area contributed by atoms with Gasteiger partial charge in [-0.05, 0) is 5.56 Å². The summed E-state index contributed by atoms with van der Waals surface area (Å²) in [5, 5.41) is 10.1. The van der Waals surface area contributed by atoms with Crippen LogP contribution in [0.25, 0.3) is 10.4 Å². The fourth-order valence-electron chi connectivity index (χ4n) is 1.87. The van der Waals surface area contributed by atoms with E-state index in [1.54, 1.807) is 11.3 Å². The van der Waals surface area contributed by atoms with Gasteiger partial charge in [-0.25, -0.2) is 4.98 Å². The number of hydrogen-bond acceptors (Lipinski definition) is 4. The molecule has 1 N–H and O–H groups in total. The Balaban J connectivity index is 2.06. The van der Waals surface area contributed by atoms with Gasteiger partial charge in [0.25, 0.3) is 0 Å². The van der Waals surface area contributed by atoms with Crippen LogP contribution in [0.2, 0.25) is 0 Å². The van der Waals surface area contributed by atoms with E-state index >= 15 is 0 Å².